The largest absolute Gasteiger partial charge is 0.448 e. The first-order valence-electron chi connectivity index (χ1n) is 11.9. The zero-order chi connectivity index (χ0) is 23.4. The lowest BCUT2D eigenvalue weighted by molar-refractivity contribution is -0.0331. The Morgan fingerprint density at radius 2 is 1.69 bits per heavy atom. The van der Waals surface area contributed by atoms with Crippen LogP contribution in [0.25, 0.3) is 27.7 Å². The van der Waals surface area contributed by atoms with Gasteiger partial charge in [0.15, 0.2) is 0 Å². The molecule has 2 atom stereocenters. The topological polar surface area (TPSA) is 77.7 Å². The van der Waals surface area contributed by atoms with Crippen molar-refractivity contribution in [1.29, 1.82) is 0 Å². The van der Waals surface area contributed by atoms with Crippen LogP contribution in [-0.2, 0) is 9.47 Å². The molecule has 7 rings (SSSR count). The van der Waals surface area contributed by atoms with Gasteiger partial charge in [-0.1, -0.05) is 60.7 Å². The number of rotatable bonds is 3. The van der Waals surface area contributed by atoms with Crippen LogP contribution in [0.15, 0.2) is 77.4 Å². The molecule has 0 N–H and O–H groups in total. The van der Waals surface area contributed by atoms with Crippen LogP contribution < -0.4 is 0 Å². The van der Waals surface area contributed by atoms with Gasteiger partial charge in [0.1, 0.15) is 17.6 Å². The summed E-state index contributed by atoms with van der Waals surface area (Å²) in [7, 11) is 0. The van der Waals surface area contributed by atoms with Gasteiger partial charge in [-0.3, -0.25) is 4.90 Å². The molecule has 3 aromatic carbocycles. The third-order valence-electron chi connectivity index (χ3n) is 7.37. The van der Waals surface area contributed by atoms with E-state index >= 15 is 0 Å². The zero-order valence-electron chi connectivity index (χ0n) is 19.0. The fourth-order valence-corrected chi connectivity index (χ4v) is 5.74. The molecule has 0 radical (unpaired) electrons. The number of fused-ring (bicyclic) bond motifs is 6. The standard InChI is InChI=1S/C28H23N3O4/c32-28(34-16-25-23-7-3-1-5-21(23)22-6-2-4-8-24(22)25)31-19-11-18(12-20(31)15-33-14-19)17-9-10-26-27(13-17)30-35-29-26/h1-11,13,19-20,25H,12,14-16H2. The SMILES string of the molecule is O=C(OCC1c2ccccc2-c2ccccc21)N1C2C=C(c3ccc4nonc4c3)CC1COC2. The van der Waals surface area contributed by atoms with Gasteiger partial charge in [-0.2, -0.15) is 0 Å². The van der Waals surface area contributed by atoms with Crippen molar-refractivity contribution in [3.63, 3.8) is 0 Å². The van der Waals surface area contributed by atoms with E-state index in [9.17, 15) is 4.79 Å². The Morgan fingerprint density at radius 1 is 0.943 bits per heavy atom. The molecule has 7 nitrogen and oxygen atoms in total. The molecule has 35 heavy (non-hydrogen) atoms. The highest BCUT2D eigenvalue weighted by Gasteiger charge is 2.40. The first kappa shape index (κ1) is 20.4. The van der Waals surface area contributed by atoms with Crippen molar-refractivity contribution < 1.29 is 18.9 Å². The van der Waals surface area contributed by atoms with Gasteiger partial charge in [0, 0.05) is 5.92 Å². The van der Waals surface area contributed by atoms with Gasteiger partial charge < -0.3 is 9.47 Å². The smallest absolute Gasteiger partial charge is 0.410 e. The monoisotopic (exact) mass is 465 g/mol. The number of carbonyl (C=O) groups excluding carboxylic acids is 1. The molecule has 2 bridgehead atoms. The first-order chi connectivity index (χ1) is 17.3. The predicted molar refractivity (Wildman–Crippen MR) is 130 cm³/mol. The second kappa shape index (κ2) is 8.06. The lowest BCUT2D eigenvalue weighted by Crippen LogP contribution is -2.56. The van der Waals surface area contributed by atoms with Crippen LogP contribution in [0, 0.1) is 0 Å². The van der Waals surface area contributed by atoms with Gasteiger partial charge in [0.25, 0.3) is 0 Å². The zero-order valence-corrected chi connectivity index (χ0v) is 19.0. The quantitative estimate of drug-likeness (QED) is 0.422. The van der Waals surface area contributed by atoms with E-state index in [0.717, 1.165) is 16.6 Å². The molecule has 1 saturated heterocycles. The van der Waals surface area contributed by atoms with Gasteiger partial charge in [-0.25, -0.2) is 9.42 Å². The molecule has 2 aliphatic heterocycles. The van der Waals surface area contributed by atoms with Gasteiger partial charge in [0.05, 0.1) is 25.3 Å². The molecule has 4 aromatic rings. The lowest BCUT2D eigenvalue weighted by atomic mass is 9.90. The van der Waals surface area contributed by atoms with Crippen molar-refractivity contribution in [1.82, 2.24) is 15.2 Å². The van der Waals surface area contributed by atoms with E-state index in [1.165, 1.54) is 27.8 Å². The van der Waals surface area contributed by atoms with E-state index in [-0.39, 0.29) is 24.1 Å². The second-order valence-corrected chi connectivity index (χ2v) is 9.33. The second-order valence-electron chi connectivity index (χ2n) is 9.33. The third-order valence-corrected chi connectivity index (χ3v) is 7.37. The van der Waals surface area contributed by atoms with Crippen molar-refractivity contribution in [3.8, 4) is 11.1 Å². The molecule has 3 heterocycles. The van der Waals surface area contributed by atoms with E-state index in [0.29, 0.717) is 26.2 Å². The Labute approximate surface area is 201 Å². The van der Waals surface area contributed by atoms with Crippen LogP contribution in [0.5, 0.6) is 0 Å². The van der Waals surface area contributed by atoms with Crippen LogP contribution in [0.1, 0.15) is 29.0 Å². The average molecular weight is 466 g/mol. The molecule has 0 spiro atoms. The molecular weight excluding hydrogens is 442 g/mol. The minimum Gasteiger partial charge on any atom is -0.448 e. The maximum Gasteiger partial charge on any atom is 0.410 e. The summed E-state index contributed by atoms with van der Waals surface area (Å²) in [6, 6.07) is 22.4. The fourth-order valence-electron chi connectivity index (χ4n) is 5.74. The van der Waals surface area contributed by atoms with Gasteiger partial charge in [-0.15, -0.1) is 0 Å². The Bertz CT molecular complexity index is 1430. The number of benzene rings is 3. The summed E-state index contributed by atoms with van der Waals surface area (Å²) < 4.78 is 16.6. The minimum absolute atomic E-state index is 0.0427. The van der Waals surface area contributed by atoms with Crippen molar-refractivity contribution >= 4 is 22.7 Å². The van der Waals surface area contributed by atoms with E-state index < -0.39 is 0 Å². The number of hydrogen-bond acceptors (Lipinski definition) is 6. The molecule has 1 amide bonds. The predicted octanol–water partition coefficient (Wildman–Crippen LogP) is 5.03. The Hall–Kier alpha value is -3.97. The number of aromatic nitrogens is 2. The van der Waals surface area contributed by atoms with E-state index in [4.69, 9.17) is 14.1 Å². The van der Waals surface area contributed by atoms with Crippen molar-refractivity contribution in [2.45, 2.75) is 24.4 Å². The van der Waals surface area contributed by atoms with Crippen molar-refractivity contribution in [3.05, 3.63) is 89.5 Å². The fraction of sp³-hybridized carbons (Fsp3) is 0.250. The molecule has 2 unspecified atom stereocenters. The number of morpholine rings is 1. The number of ether oxygens (including phenoxy) is 2. The van der Waals surface area contributed by atoms with Crippen LogP contribution in [0.2, 0.25) is 0 Å². The molecular formula is C28H23N3O4. The maximum absolute atomic E-state index is 13.4. The van der Waals surface area contributed by atoms with Crippen LogP contribution in [-0.4, -0.2) is 53.2 Å². The Morgan fingerprint density at radius 3 is 2.46 bits per heavy atom. The maximum atomic E-state index is 13.4. The highest BCUT2D eigenvalue weighted by atomic mass is 16.6. The normalized spacial score (nSPS) is 20.9. The summed E-state index contributed by atoms with van der Waals surface area (Å²) in [5, 5.41) is 7.84. The molecule has 0 saturated carbocycles. The lowest BCUT2D eigenvalue weighted by Gasteiger charge is -2.44. The summed E-state index contributed by atoms with van der Waals surface area (Å²) in [6.07, 6.45) is 2.53. The van der Waals surface area contributed by atoms with Gasteiger partial charge in [0.2, 0.25) is 0 Å². The highest BCUT2D eigenvalue weighted by molar-refractivity contribution is 5.82. The molecule has 1 aliphatic carbocycles. The molecule has 3 aliphatic rings. The number of hydrogen-bond donors (Lipinski definition) is 0. The summed E-state index contributed by atoms with van der Waals surface area (Å²) >= 11 is 0. The summed E-state index contributed by atoms with van der Waals surface area (Å²) in [4.78, 5) is 15.2. The van der Waals surface area contributed by atoms with E-state index in [2.05, 4.69) is 52.8 Å². The highest BCUT2D eigenvalue weighted by Crippen LogP contribution is 2.44. The van der Waals surface area contributed by atoms with Crippen LogP contribution in [0.3, 0.4) is 0 Å². The van der Waals surface area contributed by atoms with Gasteiger partial charge in [-0.05, 0) is 62.3 Å². The number of amides is 1. The Balaban J connectivity index is 1.12. The summed E-state index contributed by atoms with van der Waals surface area (Å²) in [5.41, 5.74) is 8.57. The van der Waals surface area contributed by atoms with Crippen LogP contribution >= 0.6 is 0 Å². The summed E-state index contributed by atoms with van der Waals surface area (Å²) in [5.74, 6) is 0.0427. The number of nitrogens with zero attached hydrogens (tertiary/aromatic N) is 3. The molecule has 174 valence electrons. The van der Waals surface area contributed by atoms with Crippen molar-refractivity contribution in [2.24, 2.45) is 0 Å². The minimum atomic E-state index is -0.281. The van der Waals surface area contributed by atoms with Gasteiger partial charge >= 0.3 is 6.09 Å². The summed E-state index contributed by atoms with van der Waals surface area (Å²) in [6.45, 7) is 1.26. The molecule has 1 aromatic heterocycles. The third kappa shape index (κ3) is 3.34. The number of carbonyl (C=O) groups is 1. The van der Waals surface area contributed by atoms with Crippen LogP contribution in [0.4, 0.5) is 4.79 Å². The van der Waals surface area contributed by atoms with Crippen molar-refractivity contribution in [2.75, 3.05) is 19.8 Å². The van der Waals surface area contributed by atoms with E-state index in [1.807, 2.05) is 35.2 Å². The Kier molecular flexibility index (Phi) is 4.70. The first-order valence-corrected chi connectivity index (χ1v) is 11.9. The average Bonchev–Trinajstić information content (AvgIpc) is 3.48. The molecule has 7 heteroatoms. The van der Waals surface area contributed by atoms with E-state index in [1.54, 1.807) is 0 Å². The molecule has 1 fully saturated rings.